The Balaban J connectivity index is 5.10. The molecule has 0 fully saturated rings. The van der Waals surface area contributed by atoms with Crippen molar-refractivity contribution >= 4 is 6.21 Å². The Morgan fingerprint density at radius 2 is 1.85 bits per heavy atom. The molecule has 2 N–H and O–H groups in total. The van der Waals surface area contributed by atoms with E-state index in [0.29, 0.717) is 0 Å². The maximum atomic E-state index is 12.1. The average molecular weight is 194 g/mol. The summed E-state index contributed by atoms with van der Waals surface area (Å²) < 4.78 is 36.4. The molecule has 2 nitrogen and oxygen atoms in total. The Kier molecular flexibility index (Phi) is 3.97. The van der Waals surface area contributed by atoms with Crippen LogP contribution in [0.25, 0.3) is 0 Å². The van der Waals surface area contributed by atoms with Crippen LogP contribution in [-0.2, 0) is 0 Å². The predicted octanol–water partition coefficient (Wildman–Crippen LogP) is 2.12. The minimum Gasteiger partial charge on any atom is -0.394 e. The number of hydrogen-bond acceptors (Lipinski definition) is 2. The van der Waals surface area contributed by atoms with Gasteiger partial charge in [0.1, 0.15) is 5.70 Å². The highest BCUT2D eigenvalue weighted by molar-refractivity contribution is 5.80. The van der Waals surface area contributed by atoms with E-state index in [0.717, 1.165) is 6.21 Å². The summed E-state index contributed by atoms with van der Waals surface area (Å²) in [6, 6.07) is 0. The van der Waals surface area contributed by atoms with Gasteiger partial charge in [-0.3, -0.25) is 4.99 Å². The van der Waals surface area contributed by atoms with Crippen LogP contribution in [-0.4, -0.2) is 19.4 Å². The van der Waals surface area contributed by atoms with Gasteiger partial charge in [0.25, 0.3) is 0 Å². The van der Waals surface area contributed by atoms with Gasteiger partial charge in [-0.15, -0.1) is 0 Å². The van der Waals surface area contributed by atoms with E-state index in [2.05, 4.69) is 4.99 Å². The maximum absolute atomic E-state index is 12.1. The highest BCUT2D eigenvalue weighted by Crippen LogP contribution is 2.26. The van der Waals surface area contributed by atoms with Gasteiger partial charge in [-0.2, -0.15) is 13.2 Å². The molecule has 13 heavy (non-hydrogen) atoms. The molecule has 0 saturated carbocycles. The first kappa shape index (κ1) is 12.0. The fourth-order valence-electron chi connectivity index (χ4n) is 0.832. The maximum Gasteiger partial charge on any atom is 0.431 e. The molecule has 0 spiro atoms. The van der Waals surface area contributed by atoms with Gasteiger partial charge < -0.3 is 5.73 Å². The molecule has 76 valence electrons. The van der Waals surface area contributed by atoms with Crippen molar-refractivity contribution in [1.82, 2.24) is 0 Å². The normalized spacial score (nSPS) is 15.3. The molecule has 5 heteroatoms. The smallest absolute Gasteiger partial charge is 0.394 e. The zero-order valence-corrected chi connectivity index (χ0v) is 7.81. The van der Waals surface area contributed by atoms with Crippen LogP contribution in [0.1, 0.15) is 13.8 Å². The van der Waals surface area contributed by atoms with Gasteiger partial charge >= 0.3 is 6.18 Å². The highest BCUT2D eigenvalue weighted by Gasteiger charge is 2.34. The van der Waals surface area contributed by atoms with E-state index in [1.54, 1.807) is 13.8 Å². The molecule has 0 aliphatic carbocycles. The average Bonchev–Trinajstić information content (AvgIpc) is 1.96. The number of alkyl halides is 3. The number of aliphatic imine (C=N–C) groups is 1. The van der Waals surface area contributed by atoms with Crippen molar-refractivity contribution in [3.05, 3.63) is 11.3 Å². The highest BCUT2D eigenvalue weighted by atomic mass is 19.4. The molecule has 0 aliphatic heterocycles. The van der Waals surface area contributed by atoms with Crippen molar-refractivity contribution in [1.29, 1.82) is 0 Å². The monoisotopic (exact) mass is 194 g/mol. The van der Waals surface area contributed by atoms with Gasteiger partial charge in [0.15, 0.2) is 0 Å². The van der Waals surface area contributed by atoms with Crippen LogP contribution in [0, 0.1) is 5.92 Å². The number of nitrogens with two attached hydrogens (primary N) is 1. The summed E-state index contributed by atoms with van der Waals surface area (Å²) in [7, 11) is 1.41. The number of nitrogens with zero attached hydrogens (tertiary/aromatic N) is 1. The first-order valence-electron chi connectivity index (χ1n) is 3.79. The lowest BCUT2D eigenvalue weighted by Gasteiger charge is -2.13. The Bertz CT molecular complexity index is 226. The fourth-order valence-corrected chi connectivity index (χ4v) is 0.832. The second-order valence-electron chi connectivity index (χ2n) is 2.91. The second-order valence-corrected chi connectivity index (χ2v) is 2.91. The van der Waals surface area contributed by atoms with Gasteiger partial charge in [0, 0.05) is 18.8 Å². The zero-order valence-electron chi connectivity index (χ0n) is 7.81. The largest absolute Gasteiger partial charge is 0.431 e. The van der Waals surface area contributed by atoms with Gasteiger partial charge in [-0.05, 0) is 5.92 Å². The lowest BCUT2D eigenvalue weighted by Crippen LogP contribution is -2.23. The first-order valence-corrected chi connectivity index (χ1v) is 3.79. The van der Waals surface area contributed by atoms with Gasteiger partial charge in [0.2, 0.25) is 0 Å². The third-order valence-electron chi connectivity index (χ3n) is 1.51. The van der Waals surface area contributed by atoms with Gasteiger partial charge in [-0.1, -0.05) is 13.8 Å². The molecule has 0 aromatic rings. The Labute approximate surface area is 75.3 Å². The fraction of sp³-hybridized carbons (Fsp3) is 0.625. The SMILES string of the molecule is CN=CC(=C(N)C(F)(F)F)C(C)C. The molecular weight excluding hydrogens is 181 g/mol. The quantitative estimate of drug-likeness (QED) is 0.672. The minimum absolute atomic E-state index is 0.0231. The van der Waals surface area contributed by atoms with Crippen LogP contribution >= 0.6 is 0 Å². The van der Waals surface area contributed by atoms with Crippen LogP contribution in [0.5, 0.6) is 0 Å². The molecule has 0 unspecified atom stereocenters. The van der Waals surface area contributed by atoms with Crippen molar-refractivity contribution in [2.45, 2.75) is 20.0 Å². The molecular formula is C8H13F3N2. The molecule has 0 aromatic carbocycles. The molecule has 0 radical (unpaired) electrons. The summed E-state index contributed by atoms with van der Waals surface area (Å²) in [5.41, 5.74) is 3.91. The lowest BCUT2D eigenvalue weighted by molar-refractivity contribution is -0.0935. The summed E-state index contributed by atoms with van der Waals surface area (Å²) in [5.74, 6) is -0.287. The number of rotatable bonds is 2. The molecule has 0 saturated heterocycles. The van der Waals surface area contributed by atoms with E-state index in [-0.39, 0.29) is 11.5 Å². The summed E-state index contributed by atoms with van der Waals surface area (Å²) in [6.07, 6.45) is -3.33. The van der Waals surface area contributed by atoms with Crippen LogP contribution < -0.4 is 5.73 Å². The van der Waals surface area contributed by atoms with Crippen molar-refractivity contribution in [2.24, 2.45) is 16.6 Å². The molecule has 0 rings (SSSR count). The van der Waals surface area contributed by atoms with E-state index in [9.17, 15) is 13.2 Å². The van der Waals surface area contributed by atoms with E-state index >= 15 is 0 Å². The standard InChI is InChI=1S/C8H13F3N2/c1-5(2)6(4-13-3)7(12)8(9,10)11/h4-5H,12H2,1-3H3. The molecule has 0 atom stereocenters. The zero-order chi connectivity index (χ0) is 10.6. The summed E-state index contributed by atoms with van der Waals surface area (Å²) in [5, 5.41) is 0. The number of halogens is 3. The van der Waals surface area contributed by atoms with Gasteiger partial charge in [0.05, 0.1) is 0 Å². The molecule has 0 amide bonds. The summed E-state index contributed by atoms with van der Waals surface area (Å²) in [6.45, 7) is 3.27. The van der Waals surface area contributed by atoms with Crippen molar-refractivity contribution in [2.75, 3.05) is 7.05 Å². The van der Waals surface area contributed by atoms with E-state index in [1.165, 1.54) is 7.05 Å². The third kappa shape index (κ3) is 3.48. The topological polar surface area (TPSA) is 38.4 Å². The van der Waals surface area contributed by atoms with E-state index in [4.69, 9.17) is 5.73 Å². The summed E-state index contributed by atoms with van der Waals surface area (Å²) in [4.78, 5) is 3.53. The number of hydrogen-bond donors (Lipinski definition) is 1. The van der Waals surface area contributed by atoms with E-state index in [1.807, 2.05) is 0 Å². The molecule has 0 aromatic heterocycles. The van der Waals surface area contributed by atoms with Gasteiger partial charge in [-0.25, -0.2) is 0 Å². The van der Waals surface area contributed by atoms with E-state index < -0.39 is 11.9 Å². The molecule has 0 bridgehead atoms. The van der Waals surface area contributed by atoms with Crippen LogP contribution in [0.4, 0.5) is 13.2 Å². The van der Waals surface area contributed by atoms with Crippen LogP contribution in [0.2, 0.25) is 0 Å². The van der Waals surface area contributed by atoms with Crippen molar-refractivity contribution < 1.29 is 13.2 Å². The molecule has 0 heterocycles. The lowest BCUT2D eigenvalue weighted by atomic mass is 10.0. The van der Waals surface area contributed by atoms with Crippen LogP contribution in [0.3, 0.4) is 0 Å². The first-order chi connectivity index (χ1) is 5.80. The Morgan fingerprint density at radius 3 is 2.08 bits per heavy atom. The van der Waals surface area contributed by atoms with Crippen LogP contribution in [0.15, 0.2) is 16.3 Å². The molecule has 0 aliphatic rings. The predicted molar refractivity (Wildman–Crippen MR) is 46.5 cm³/mol. The number of allylic oxidation sites excluding steroid dienone is 2. The minimum atomic E-state index is -4.47. The van der Waals surface area contributed by atoms with Crippen molar-refractivity contribution in [3.8, 4) is 0 Å². The van der Waals surface area contributed by atoms with Crippen molar-refractivity contribution in [3.63, 3.8) is 0 Å². The third-order valence-corrected chi connectivity index (χ3v) is 1.51. The second kappa shape index (κ2) is 4.30. The Morgan fingerprint density at radius 1 is 1.38 bits per heavy atom. The summed E-state index contributed by atoms with van der Waals surface area (Å²) >= 11 is 0. The Hall–Kier alpha value is -1.00.